The molecule has 0 aliphatic heterocycles. The van der Waals surface area contributed by atoms with Gasteiger partial charge in [-0.15, -0.1) is 0 Å². The van der Waals surface area contributed by atoms with Gasteiger partial charge in [0.2, 0.25) is 0 Å². The predicted molar refractivity (Wildman–Crippen MR) is 76.0 cm³/mol. The Hall–Kier alpha value is -2.19. The van der Waals surface area contributed by atoms with Gasteiger partial charge in [0.25, 0.3) is 0 Å². The fourth-order valence-electron chi connectivity index (χ4n) is 1.83. The molecule has 0 bridgehead atoms. The van der Waals surface area contributed by atoms with Crippen LogP contribution >= 0.6 is 0 Å². The molecule has 5 heteroatoms. The molecule has 0 radical (unpaired) electrons. The number of rotatable bonds is 3. The van der Waals surface area contributed by atoms with E-state index in [0.717, 1.165) is 16.3 Å². The highest BCUT2D eigenvalue weighted by atomic mass is 19.4. The van der Waals surface area contributed by atoms with Crippen molar-refractivity contribution in [1.29, 1.82) is 0 Å². The molecule has 0 unspecified atom stereocenters. The molecule has 0 saturated carbocycles. The minimum absolute atomic E-state index is 0.296. The average molecular weight is 293 g/mol. The molecule has 0 heterocycles. The maximum absolute atomic E-state index is 12.1. The van der Waals surface area contributed by atoms with Gasteiger partial charge < -0.3 is 10.5 Å². The number of alkyl halides is 3. The summed E-state index contributed by atoms with van der Waals surface area (Å²) in [6, 6.07) is 10.8. The molecule has 2 rings (SSSR count). The summed E-state index contributed by atoms with van der Waals surface area (Å²) in [5.74, 6) is 6.12. The predicted octanol–water partition coefficient (Wildman–Crippen LogP) is 3.48. The maximum Gasteiger partial charge on any atom is 0.392 e. The Morgan fingerprint density at radius 2 is 1.76 bits per heavy atom. The van der Waals surface area contributed by atoms with E-state index >= 15 is 0 Å². The first-order valence-corrected chi connectivity index (χ1v) is 6.40. The highest BCUT2D eigenvalue weighted by Gasteiger charge is 2.26. The first-order valence-electron chi connectivity index (χ1n) is 6.40. The normalized spacial score (nSPS) is 11.0. The fraction of sp³-hybridized carbons (Fsp3) is 0.250. The third-order valence-corrected chi connectivity index (χ3v) is 2.80. The van der Waals surface area contributed by atoms with E-state index in [9.17, 15) is 13.2 Å². The van der Waals surface area contributed by atoms with E-state index in [0.29, 0.717) is 12.3 Å². The summed E-state index contributed by atoms with van der Waals surface area (Å²) in [6.45, 7) is -0.0842. The number of hydrogen-bond acceptors (Lipinski definition) is 2. The fourth-order valence-corrected chi connectivity index (χ4v) is 1.83. The summed E-state index contributed by atoms with van der Waals surface area (Å²) in [6.07, 6.45) is -5.16. The van der Waals surface area contributed by atoms with Crippen LogP contribution in [0.1, 0.15) is 12.0 Å². The zero-order chi connectivity index (χ0) is 15.3. The van der Waals surface area contributed by atoms with Gasteiger partial charge in [0.05, 0.1) is 19.6 Å². The molecule has 0 aliphatic rings. The Bertz CT molecular complexity index is 683. The molecular weight excluding hydrogens is 279 g/mol. The number of fused-ring (bicyclic) bond motifs is 1. The lowest BCUT2D eigenvalue weighted by Crippen LogP contribution is -2.12. The molecule has 2 aromatic carbocycles. The molecule has 2 nitrogen and oxygen atoms in total. The van der Waals surface area contributed by atoms with Crippen LogP contribution in [0.3, 0.4) is 0 Å². The zero-order valence-electron chi connectivity index (χ0n) is 11.2. The number of ether oxygens (including phenoxy) is 1. The lowest BCUT2D eigenvalue weighted by molar-refractivity contribution is -0.139. The van der Waals surface area contributed by atoms with Crippen LogP contribution in [0.15, 0.2) is 36.4 Å². The van der Waals surface area contributed by atoms with Crippen LogP contribution in [0.5, 0.6) is 5.75 Å². The number of halogens is 3. The topological polar surface area (TPSA) is 35.2 Å². The third kappa shape index (κ3) is 4.69. The van der Waals surface area contributed by atoms with Crippen molar-refractivity contribution in [3.63, 3.8) is 0 Å². The van der Waals surface area contributed by atoms with Gasteiger partial charge in [-0.05, 0) is 35.0 Å². The maximum atomic E-state index is 12.1. The van der Waals surface area contributed by atoms with Crippen LogP contribution in [-0.2, 0) is 0 Å². The number of hydrogen-bond donors (Lipinski definition) is 1. The molecular formula is C16H14F3NO. The SMILES string of the molecule is NCC#Cc1ccc2cc(OCCC(F)(F)F)ccc2c1. The minimum Gasteiger partial charge on any atom is -0.493 e. The highest BCUT2D eigenvalue weighted by Crippen LogP contribution is 2.24. The van der Waals surface area contributed by atoms with E-state index in [4.69, 9.17) is 10.5 Å². The Kier molecular flexibility index (Phi) is 4.71. The summed E-state index contributed by atoms with van der Waals surface area (Å²) < 4.78 is 41.3. The smallest absolute Gasteiger partial charge is 0.392 e. The van der Waals surface area contributed by atoms with Gasteiger partial charge in [0.1, 0.15) is 5.75 Å². The Morgan fingerprint density at radius 3 is 2.48 bits per heavy atom. The van der Waals surface area contributed by atoms with Crippen LogP contribution in [0.4, 0.5) is 13.2 Å². The molecule has 2 N–H and O–H groups in total. The monoisotopic (exact) mass is 293 g/mol. The van der Waals surface area contributed by atoms with Crippen LogP contribution in [0.2, 0.25) is 0 Å². The lowest BCUT2D eigenvalue weighted by atomic mass is 10.1. The standard InChI is InChI=1S/C16H14F3NO/c17-16(18,19)7-9-21-15-6-5-13-10-12(2-1-8-20)3-4-14(13)11-15/h3-6,10-11H,7-9,20H2. The van der Waals surface area contributed by atoms with Crippen molar-refractivity contribution in [2.24, 2.45) is 5.73 Å². The van der Waals surface area contributed by atoms with Crippen LogP contribution in [-0.4, -0.2) is 19.3 Å². The van der Waals surface area contributed by atoms with E-state index < -0.39 is 12.6 Å². The van der Waals surface area contributed by atoms with E-state index in [2.05, 4.69) is 11.8 Å². The molecule has 0 fully saturated rings. The van der Waals surface area contributed by atoms with Crippen molar-refractivity contribution >= 4 is 10.8 Å². The largest absolute Gasteiger partial charge is 0.493 e. The summed E-state index contributed by atoms with van der Waals surface area (Å²) in [4.78, 5) is 0. The van der Waals surface area contributed by atoms with E-state index in [-0.39, 0.29) is 6.61 Å². The summed E-state index contributed by atoms with van der Waals surface area (Å²) in [5.41, 5.74) is 6.16. The molecule has 0 saturated heterocycles. The molecule has 110 valence electrons. The van der Waals surface area contributed by atoms with E-state index in [1.54, 1.807) is 18.2 Å². The van der Waals surface area contributed by atoms with Gasteiger partial charge in [-0.2, -0.15) is 13.2 Å². The molecule has 0 atom stereocenters. The summed E-state index contributed by atoms with van der Waals surface area (Å²) >= 11 is 0. The van der Waals surface area contributed by atoms with Gasteiger partial charge in [0.15, 0.2) is 0 Å². The molecule has 0 amide bonds. The van der Waals surface area contributed by atoms with Crippen molar-refractivity contribution in [2.75, 3.05) is 13.2 Å². The lowest BCUT2D eigenvalue weighted by Gasteiger charge is -2.09. The second kappa shape index (κ2) is 6.51. The van der Waals surface area contributed by atoms with E-state index in [1.165, 1.54) is 0 Å². The zero-order valence-corrected chi connectivity index (χ0v) is 11.2. The summed E-state index contributed by atoms with van der Waals surface area (Å²) in [5, 5.41) is 1.83. The Labute approximate surface area is 120 Å². The number of benzene rings is 2. The number of nitrogens with two attached hydrogens (primary N) is 1. The van der Waals surface area contributed by atoms with Gasteiger partial charge in [-0.3, -0.25) is 0 Å². The second-order valence-corrected chi connectivity index (χ2v) is 4.44. The van der Waals surface area contributed by atoms with Crippen molar-refractivity contribution in [3.05, 3.63) is 42.0 Å². The molecule has 2 aromatic rings. The van der Waals surface area contributed by atoms with Crippen molar-refractivity contribution < 1.29 is 17.9 Å². The van der Waals surface area contributed by atoms with Gasteiger partial charge in [-0.25, -0.2) is 0 Å². The van der Waals surface area contributed by atoms with Crippen LogP contribution in [0.25, 0.3) is 10.8 Å². The molecule has 0 aromatic heterocycles. The van der Waals surface area contributed by atoms with Crippen molar-refractivity contribution in [1.82, 2.24) is 0 Å². The third-order valence-electron chi connectivity index (χ3n) is 2.80. The van der Waals surface area contributed by atoms with Gasteiger partial charge in [0, 0.05) is 5.56 Å². The van der Waals surface area contributed by atoms with Gasteiger partial charge in [-0.1, -0.05) is 24.0 Å². The Balaban J connectivity index is 2.11. The van der Waals surface area contributed by atoms with Crippen molar-refractivity contribution in [3.8, 4) is 17.6 Å². The van der Waals surface area contributed by atoms with Crippen LogP contribution in [0, 0.1) is 11.8 Å². The molecule has 0 aliphatic carbocycles. The minimum atomic E-state index is -4.20. The van der Waals surface area contributed by atoms with Crippen molar-refractivity contribution in [2.45, 2.75) is 12.6 Å². The molecule has 0 spiro atoms. The second-order valence-electron chi connectivity index (χ2n) is 4.44. The van der Waals surface area contributed by atoms with Crippen LogP contribution < -0.4 is 10.5 Å². The first kappa shape index (κ1) is 15.2. The average Bonchev–Trinajstić information content (AvgIpc) is 2.43. The Morgan fingerprint density at radius 1 is 1.05 bits per heavy atom. The summed E-state index contributed by atoms with van der Waals surface area (Å²) in [7, 11) is 0. The van der Waals surface area contributed by atoms with E-state index in [1.807, 2.05) is 18.2 Å². The highest BCUT2D eigenvalue weighted by molar-refractivity contribution is 5.85. The van der Waals surface area contributed by atoms with Gasteiger partial charge >= 0.3 is 6.18 Å². The quantitative estimate of drug-likeness (QED) is 0.879. The first-order chi connectivity index (χ1) is 9.98. The molecule has 21 heavy (non-hydrogen) atoms.